The monoisotopic (exact) mass is 214 g/mol. The predicted molar refractivity (Wildman–Crippen MR) is 61.5 cm³/mol. The van der Waals surface area contributed by atoms with Crippen LogP contribution in [0, 0.1) is 0 Å². The fourth-order valence-electron chi connectivity index (χ4n) is 1.42. The molecular weight excluding hydrogens is 200 g/mol. The van der Waals surface area contributed by atoms with Crippen LogP contribution in [-0.4, -0.2) is 15.0 Å². The lowest BCUT2D eigenvalue weighted by molar-refractivity contribution is 0.554. The maximum absolute atomic E-state index is 4.29. The molecule has 1 N–H and O–H groups in total. The molecule has 0 bridgehead atoms. The van der Waals surface area contributed by atoms with Gasteiger partial charge in [-0.1, -0.05) is 6.07 Å². The normalized spacial score (nSPS) is 12.3. The average molecular weight is 214 g/mol. The first-order valence-electron chi connectivity index (χ1n) is 5.25. The summed E-state index contributed by atoms with van der Waals surface area (Å²) in [6.45, 7) is 2.78. The Kier molecular flexibility index (Phi) is 3.56. The minimum atomic E-state index is 0.211. The Balaban J connectivity index is 1.92. The molecule has 2 aromatic rings. The Morgan fingerprint density at radius 3 is 2.81 bits per heavy atom. The summed E-state index contributed by atoms with van der Waals surface area (Å²) < 4.78 is 0. The van der Waals surface area contributed by atoms with Crippen molar-refractivity contribution in [2.75, 3.05) is 0 Å². The number of hydrogen-bond donors (Lipinski definition) is 1. The molecule has 82 valence electrons. The van der Waals surface area contributed by atoms with Crippen LogP contribution < -0.4 is 5.32 Å². The lowest BCUT2D eigenvalue weighted by Crippen LogP contribution is -2.19. The van der Waals surface area contributed by atoms with Crippen molar-refractivity contribution >= 4 is 0 Å². The SMILES string of the molecule is CC(NCc1cnccn1)c1ccccn1. The van der Waals surface area contributed by atoms with Crippen molar-refractivity contribution < 1.29 is 0 Å². The Morgan fingerprint density at radius 1 is 1.19 bits per heavy atom. The quantitative estimate of drug-likeness (QED) is 0.842. The van der Waals surface area contributed by atoms with Gasteiger partial charge in [-0.05, 0) is 19.1 Å². The minimum absolute atomic E-state index is 0.211. The number of nitrogens with zero attached hydrogens (tertiary/aromatic N) is 3. The third kappa shape index (κ3) is 2.84. The van der Waals surface area contributed by atoms with Crippen LogP contribution in [0.25, 0.3) is 0 Å². The maximum Gasteiger partial charge on any atom is 0.0724 e. The highest BCUT2D eigenvalue weighted by Crippen LogP contribution is 2.08. The molecule has 0 saturated carbocycles. The molecule has 2 rings (SSSR count). The zero-order valence-electron chi connectivity index (χ0n) is 9.17. The lowest BCUT2D eigenvalue weighted by atomic mass is 10.2. The van der Waals surface area contributed by atoms with Gasteiger partial charge in [-0.3, -0.25) is 15.0 Å². The van der Waals surface area contributed by atoms with Crippen LogP contribution in [0.1, 0.15) is 24.4 Å². The molecule has 4 nitrogen and oxygen atoms in total. The van der Waals surface area contributed by atoms with E-state index < -0.39 is 0 Å². The molecule has 0 aliphatic rings. The lowest BCUT2D eigenvalue weighted by Gasteiger charge is -2.12. The van der Waals surface area contributed by atoms with Gasteiger partial charge in [0, 0.05) is 37.4 Å². The molecule has 1 atom stereocenters. The van der Waals surface area contributed by atoms with Crippen LogP contribution in [0.15, 0.2) is 43.0 Å². The molecule has 0 aromatic carbocycles. The van der Waals surface area contributed by atoms with Crippen molar-refractivity contribution in [1.29, 1.82) is 0 Å². The Bertz CT molecular complexity index is 416. The maximum atomic E-state index is 4.29. The van der Waals surface area contributed by atoms with Gasteiger partial charge in [0.2, 0.25) is 0 Å². The second-order valence-corrected chi connectivity index (χ2v) is 3.55. The second-order valence-electron chi connectivity index (χ2n) is 3.55. The molecular formula is C12H14N4. The van der Waals surface area contributed by atoms with E-state index in [0.717, 1.165) is 11.4 Å². The van der Waals surface area contributed by atoms with E-state index in [1.165, 1.54) is 0 Å². The van der Waals surface area contributed by atoms with Crippen LogP contribution in [0.5, 0.6) is 0 Å². The number of hydrogen-bond acceptors (Lipinski definition) is 4. The molecule has 0 aliphatic heterocycles. The summed E-state index contributed by atoms with van der Waals surface area (Å²) in [4.78, 5) is 12.5. The van der Waals surface area contributed by atoms with Crippen molar-refractivity contribution in [3.63, 3.8) is 0 Å². The largest absolute Gasteiger partial charge is 0.303 e. The van der Waals surface area contributed by atoms with Crippen molar-refractivity contribution in [3.05, 3.63) is 54.4 Å². The zero-order valence-corrected chi connectivity index (χ0v) is 9.17. The van der Waals surface area contributed by atoms with Gasteiger partial charge in [-0.2, -0.15) is 0 Å². The van der Waals surface area contributed by atoms with E-state index in [4.69, 9.17) is 0 Å². The number of aromatic nitrogens is 3. The van der Waals surface area contributed by atoms with E-state index in [1.54, 1.807) is 24.8 Å². The van der Waals surface area contributed by atoms with Crippen molar-refractivity contribution in [3.8, 4) is 0 Å². The summed E-state index contributed by atoms with van der Waals surface area (Å²) in [5.74, 6) is 0. The molecule has 0 saturated heterocycles. The summed E-state index contributed by atoms with van der Waals surface area (Å²) in [5.41, 5.74) is 1.97. The Hall–Kier alpha value is -1.81. The van der Waals surface area contributed by atoms with E-state index >= 15 is 0 Å². The van der Waals surface area contributed by atoms with Crippen LogP contribution in [0.2, 0.25) is 0 Å². The standard InChI is InChI=1S/C12H14N4/c1-10(12-4-2-3-5-15-12)16-9-11-8-13-6-7-14-11/h2-8,10,16H,9H2,1H3. The van der Waals surface area contributed by atoms with E-state index in [0.29, 0.717) is 6.54 Å². The number of nitrogens with one attached hydrogen (secondary N) is 1. The molecule has 2 heterocycles. The molecule has 4 heteroatoms. The smallest absolute Gasteiger partial charge is 0.0724 e. The van der Waals surface area contributed by atoms with Crippen molar-refractivity contribution in [2.45, 2.75) is 19.5 Å². The first kappa shape index (κ1) is 10.7. The molecule has 2 aromatic heterocycles. The molecule has 0 aliphatic carbocycles. The van der Waals surface area contributed by atoms with Crippen molar-refractivity contribution in [2.24, 2.45) is 0 Å². The first-order valence-corrected chi connectivity index (χ1v) is 5.25. The van der Waals surface area contributed by atoms with Gasteiger partial charge in [0.25, 0.3) is 0 Å². The van der Waals surface area contributed by atoms with Gasteiger partial charge >= 0.3 is 0 Å². The van der Waals surface area contributed by atoms with E-state index in [9.17, 15) is 0 Å². The summed E-state index contributed by atoms with van der Waals surface area (Å²) in [7, 11) is 0. The number of pyridine rings is 1. The highest BCUT2D eigenvalue weighted by molar-refractivity contribution is 5.08. The van der Waals surface area contributed by atoms with Gasteiger partial charge in [0.1, 0.15) is 0 Å². The van der Waals surface area contributed by atoms with Crippen LogP contribution in [0.4, 0.5) is 0 Å². The van der Waals surface area contributed by atoms with Crippen molar-refractivity contribution in [1.82, 2.24) is 20.3 Å². The second kappa shape index (κ2) is 5.32. The topological polar surface area (TPSA) is 50.7 Å². The highest BCUT2D eigenvalue weighted by Gasteiger charge is 2.05. The number of rotatable bonds is 4. The molecule has 0 fully saturated rings. The van der Waals surface area contributed by atoms with Crippen LogP contribution in [-0.2, 0) is 6.54 Å². The van der Waals surface area contributed by atoms with Gasteiger partial charge in [-0.25, -0.2) is 0 Å². The molecule has 16 heavy (non-hydrogen) atoms. The van der Waals surface area contributed by atoms with Crippen LogP contribution in [0.3, 0.4) is 0 Å². The van der Waals surface area contributed by atoms with E-state index in [-0.39, 0.29) is 6.04 Å². The van der Waals surface area contributed by atoms with Gasteiger partial charge < -0.3 is 5.32 Å². The van der Waals surface area contributed by atoms with E-state index in [1.807, 2.05) is 18.2 Å². The highest BCUT2D eigenvalue weighted by atomic mass is 15.0. The summed E-state index contributed by atoms with van der Waals surface area (Å²) >= 11 is 0. The van der Waals surface area contributed by atoms with Gasteiger partial charge in [-0.15, -0.1) is 0 Å². The fraction of sp³-hybridized carbons (Fsp3) is 0.250. The molecule has 0 amide bonds. The summed E-state index contributed by atoms with van der Waals surface area (Å²) in [5, 5.41) is 3.35. The third-order valence-electron chi connectivity index (χ3n) is 2.34. The Labute approximate surface area is 94.8 Å². The van der Waals surface area contributed by atoms with Crippen LogP contribution >= 0.6 is 0 Å². The predicted octanol–water partition coefficient (Wildman–Crippen LogP) is 1.72. The average Bonchev–Trinajstić information content (AvgIpc) is 2.38. The van der Waals surface area contributed by atoms with E-state index in [2.05, 4.69) is 27.2 Å². The van der Waals surface area contributed by atoms with Gasteiger partial charge in [0.15, 0.2) is 0 Å². The minimum Gasteiger partial charge on any atom is -0.303 e. The fourth-order valence-corrected chi connectivity index (χ4v) is 1.42. The first-order chi connectivity index (χ1) is 7.86. The Morgan fingerprint density at radius 2 is 2.12 bits per heavy atom. The molecule has 0 radical (unpaired) electrons. The zero-order chi connectivity index (χ0) is 11.2. The molecule has 0 spiro atoms. The molecule has 1 unspecified atom stereocenters. The van der Waals surface area contributed by atoms with Gasteiger partial charge in [0.05, 0.1) is 11.4 Å². The third-order valence-corrected chi connectivity index (χ3v) is 2.34. The summed E-state index contributed by atoms with van der Waals surface area (Å²) in [6, 6.07) is 6.12. The summed E-state index contributed by atoms with van der Waals surface area (Å²) in [6.07, 6.45) is 6.93.